The molecule has 0 bridgehead atoms. The molecule has 3 aliphatic rings. The minimum absolute atomic E-state index is 0.0136. The van der Waals surface area contributed by atoms with Crippen molar-refractivity contribution in [3.8, 4) is 17.6 Å². The first-order chi connectivity index (χ1) is 16.2. The van der Waals surface area contributed by atoms with E-state index >= 15 is 0 Å². The second-order valence-corrected chi connectivity index (χ2v) is 8.50. The molecule has 34 heavy (non-hydrogen) atoms. The van der Waals surface area contributed by atoms with Gasteiger partial charge in [-0.15, -0.1) is 0 Å². The number of nitrogens with zero attached hydrogens (tertiary/aromatic N) is 2. The minimum Gasteiger partial charge on any atom is -0.454 e. The van der Waals surface area contributed by atoms with E-state index in [1.807, 2.05) is 0 Å². The van der Waals surface area contributed by atoms with Crippen molar-refractivity contribution < 1.29 is 27.4 Å². The highest BCUT2D eigenvalue weighted by Gasteiger charge is 2.42. The number of rotatable bonds is 2. The topological polar surface area (TPSA) is 88.6 Å². The number of ether oxygens (including phenoxy) is 2. The Balaban J connectivity index is 1.73. The third-order valence-corrected chi connectivity index (χ3v) is 6.48. The number of benzene rings is 2. The zero-order valence-corrected chi connectivity index (χ0v) is 18.3. The molecule has 1 atom stereocenters. The maximum atomic E-state index is 13.4. The molecule has 0 fully saturated rings. The Morgan fingerprint density at radius 2 is 1.88 bits per heavy atom. The van der Waals surface area contributed by atoms with Gasteiger partial charge in [-0.25, -0.2) is 0 Å². The van der Waals surface area contributed by atoms with E-state index in [1.54, 1.807) is 18.2 Å². The number of hydrogen-bond acceptors (Lipinski definition) is 6. The molecular formula is C24H17ClF3N3O3. The van der Waals surface area contributed by atoms with Crippen LogP contribution in [0, 0.1) is 11.3 Å². The normalized spacial score (nSPS) is 19.9. The van der Waals surface area contributed by atoms with Gasteiger partial charge in [0.2, 0.25) is 6.79 Å². The van der Waals surface area contributed by atoms with Gasteiger partial charge in [-0.1, -0.05) is 17.7 Å². The predicted octanol–water partition coefficient (Wildman–Crippen LogP) is 5.39. The molecule has 0 saturated heterocycles. The van der Waals surface area contributed by atoms with E-state index in [0.717, 1.165) is 18.2 Å². The summed E-state index contributed by atoms with van der Waals surface area (Å²) in [7, 11) is 0. The molecule has 6 nitrogen and oxygen atoms in total. The van der Waals surface area contributed by atoms with Crippen molar-refractivity contribution in [1.29, 1.82) is 5.26 Å². The van der Waals surface area contributed by atoms with Crippen LogP contribution in [0.1, 0.15) is 36.3 Å². The molecular weight excluding hydrogens is 471 g/mol. The number of ketones is 1. The predicted molar refractivity (Wildman–Crippen MR) is 117 cm³/mol. The van der Waals surface area contributed by atoms with Crippen molar-refractivity contribution in [2.75, 3.05) is 11.7 Å². The summed E-state index contributed by atoms with van der Waals surface area (Å²) in [5.41, 5.74) is 6.88. The second-order valence-electron chi connectivity index (χ2n) is 8.09. The fourth-order valence-electron chi connectivity index (χ4n) is 4.65. The molecule has 10 heteroatoms. The molecule has 2 aromatic rings. The van der Waals surface area contributed by atoms with Gasteiger partial charge >= 0.3 is 6.18 Å². The average Bonchev–Trinajstić information content (AvgIpc) is 3.26. The number of carbonyl (C=O) groups excluding carboxylic acids is 1. The van der Waals surface area contributed by atoms with Crippen LogP contribution >= 0.6 is 11.6 Å². The first-order valence-corrected chi connectivity index (χ1v) is 10.8. The average molecular weight is 488 g/mol. The van der Waals surface area contributed by atoms with Crippen LogP contribution in [-0.4, -0.2) is 12.6 Å². The standard InChI is InChI=1S/C24H17ClF3N3O3/c25-15-6-5-13(24(26,27)28)9-17(15)31-16-2-1-3-18(32)22(16)21(14(10-29)23(31)30)12-4-7-19-20(8-12)34-11-33-19/h4-9,21H,1-3,11,30H2/t21-/m1/s1. The van der Waals surface area contributed by atoms with Gasteiger partial charge in [0, 0.05) is 17.7 Å². The van der Waals surface area contributed by atoms with Crippen LogP contribution in [-0.2, 0) is 11.0 Å². The van der Waals surface area contributed by atoms with Crippen molar-refractivity contribution in [3.05, 3.63) is 75.2 Å². The van der Waals surface area contributed by atoms with Crippen molar-refractivity contribution in [3.63, 3.8) is 0 Å². The molecule has 2 aromatic carbocycles. The molecule has 5 rings (SSSR count). The Labute approximate surface area is 197 Å². The van der Waals surface area contributed by atoms with Crippen molar-refractivity contribution >= 4 is 23.1 Å². The largest absolute Gasteiger partial charge is 0.454 e. The van der Waals surface area contributed by atoms with Crippen LogP contribution in [0.4, 0.5) is 18.9 Å². The van der Waals surface area contributed by atoms with Gasteiger partial charge in [0.05, 0.1) is 33.8 Å². The maximum Gasteiger partial charge on any atom is 0.416 e. The number of allylic oxidation sites excluding steroid dienone is 3. The Kier molecular flexibility index (Phi) is 5.21. The van der Waals surface area contributed by atoms with Crippen LogP contribution in [0.3, 0.4) is 0 Å². The third-order valence-electron chi connectivity index (χ3n) is 6.16. The maximum absolute atomic E-state index is 13.4. The van der Waals surface area contributed by atoms with Gasteiger partial charge in [-0.2, -0.15) is 18.4 Å². The molecule has 0 unspecified atom stereocenters. The Bertz CT molecular complexity index is 1330. The Hall–Kier alpha value is -3.64. The summed E-state index contributed by atoms with van der Waals surface area (Å²) in [6.07, 6.45) is -3.48. The van der Waals surface area contributed by atoms with Crippen molar-refractivity contribution in [2.45, 2.75) is 31.4 Å². The van der Waals surface area contributed by atoms with Gasteiger partial charge in [0.15, 0.2) is 17.3 Å². The monoisotopic (exact) mass is 487 g/mol. The summed E-state index contributed by atoms with van der Waals surface area (Å²) in [5.74, 6) is -0.0427. The fraction of sp³-hybridized carbons (Fsp3) is 0.250. The van der Waals surface area contributed by atoms with E-state index in [9.17, 15) is 23.2 Å². The SMILES string of the molecule is N#CC1=C(N)N(c2cc(C(F)(F)F)ccc2Cl)C2=C(C(=O)CCC2)[C@@H]1c1ccc2c(c1)OCO2. The minimum atomic E-state index is -4.61. The van der Waals surface area contributed by atoms with Gasteiger partial charge in [0.1, 0.15) is 5.82 Å². The van der Waals surface area contributed by atoms with E-state index in [1.165, 1.54) is 4.90 Å². The molecule has 2 N–H and O–H groups in total. The molecule has 2 heterocycles. The van der Waals surface area contributed by atoms with E-state index < -0.39 is 17.7 Å². The number of hydrogen-bond donors (Lipinski definition) is 1. The molecule has 2 aliphatic heterocycles. The van der Waals surface area contributed by atoms with Crippen LogP contribution in [0.5, 0.6) is 11.5 Å². The lowest BCUT2D eigenvalue weighted by atomic mass is 9.75. The molecule has 0 amide bonds. The first kappa shape index (κ1) is 22.2. The number of fused-ring (bicyclic) bond motifs is 1. The summed E-state index contributed by atoms with van der Waals surface area (Å²) in [6, 6.07) is 10.1. The smallest absolute Gasteiger partial charge is 0.416 e. The summed E-state index contributed by atoms with van der Waals surface area (Å²) in [5, 5.41) is 10.1. The summed E-state index contributed by atoms with van der Waals surface area (Å²) in [6.45, 7) is 0.0568. The number of nitriles is 1. The van der Waals surface area contributed by atoms with E-state index in [-0.39, 0.29) is 41.1 Å². The lowest BCUT2D eigenvalue weighted by Gasteiger charge is -2.40. The fourth-order valence-corrected chi connectivity index (χ4v) is 4.85. The van der Waals surface area contributed by atoms with Crippen molar-refractivity contribution in [1.82, 2.24) is 0 Å². The number of nitrogens with two attached hydrogens (primary N) is 1. The molecule has 0 saturated carbocycles. The zero-order valence-electron chi connectivity index (χ0n) is 17.6. The summed E-state index contributed by atoms with van der Waals surface area (Å²) < 4.78 is 51.2. The van der Waals surface area contributed by atoms with Gasteiger partial charge < -0.3 is 15.2 Å². The lowest BCUT2D eigenvalue weighted by molar-refractivity contribution is -0.137. The Morgan fingerprint density at radius 3 is 2.62 bits per heavy atom. The van der Waals surface area contributed by atoms with E-state index in [0.29, 0.717) is 41.2 Å². The third kappa shape index (κ3) is 3.46. The number of Topliss-reactive ketones (excluding diaryl/α,β-unsaturated/α-hetero) is 1. The molecule has 1 aliphatic carbocycles. The quantitative estimate of drug-likeness (QED) is 0.611. The molecule has 0 spiro atoms. The van der Waals surface area contributed by atoms with Crippen LogP contribution in [0.25, 0.3) is 0 Å². The highest BCUT2D eigenvalue weighted by atomic mass is 35.5. The highest BCUT2D eigenvalue weighted by molar-refractivity contribution is 6.33. The van der Waals surface area contributed by atoms with Gasteiger partial charge in [0.25, 0.3) is 0 Å². The number of halogens is 4. The molecule has 0 aromatic heterocycles. The molecule has 0 radical (unpaired) electrons. The number of carbonyl (C=O) groups is 1. The van der Waals surface area contributed by atoms with Gasteiger partial charge in [-0.3, -0.25) is 9.69 Å². The zero-order chi connectivity index (χ0) is 24.2. The first-order valence-electron chi connectivity index (χ1n) is 10.4. The summed E-state index contributed by atoms with van der Waals surface area (Å²) in [4.78, 5) is 14.5. The van der Waals surface area contributed by atoms with E-state index in [2.05, 4.69) is 6.07 Å². The number of anilines is 1. The van der Waals surface area contributed by atoms with Crippen LogP contribution < -0.4 is 20.1 Å². The lowest BCUT2D eigenvalue weighted by Crippen LogP contribution is -2.39. The second kappa shape index (κ2) is 7.99. The van der Waals surface area contributed by atoms with Crippen LogP contribution in [0.2, 0.25) is 5.02 Å². The molecule has 174 valence electrons. The van der Waals surface area contributed by atoms with Crippen LogP contribution in [0.15, 0.2) is 59.1 Å². The summed E-state index contributed by atoms with van der Waals surface area (Å²) >= 11 is 6.31. The Morgan fingerprint density at radius 1 is 1.12 bits per heavy atom. The highest BCUT2D eigenvalue weighted by Crippen LogP contribution is 2.49. The van der Waals surface area contributed by atoms with Gasteiger partial charge in [-0.05, 0) is 48.7 Å². The van der Waals surface area contributed by atoms with E-state index in [4.69, 9.17) is 26.8 Å². The number of alkyl halides is 3. The van der Waals surface area contributed by atoms with Crippen molar-refractivity contribution in [2.24, 2.45) is 5.73 Å².